The van der Waals surface area contributed by atoms with E-state index in [9.17, 15) is 4.79 Å². The van der Waals surface area contributed by atoms with Crippen molar-refractivity contribution in [2.75, 3.05) is 21.3 Å². The fraction of sp³-hybridized carbons (Fsp3) is 0.364. The predicted molar refractivity (Wildman–Crippen MR) is 70.7 cm³/mol. The minimum absolute atomic E-state index is 0.568. The van der Waals surface area contributed by atoms with Crippen LogP contribution in [0.15, 0.2) is 12.1 Å². The highest BCUT2D eigenvalue weighted by atomic mass is 33.1. The van der Waals surface area contributed by atoms with E-state index in [2.05, 4.69) is 0 Å². The van der Waals surface area contributed by atoms with E-state index in [1.807, 2.05) is 12.1 Å². The standard InChI is InChI=1S/C11H13O4S2/c1-13-9-4-8(6-16-17-7-12)5-10(14-2)11(9)15-3/h4-5H,6H2,1-3H3. The molecule has 1 rings (SSSR count). The molecule has 17 heavy (non-hydrogen) atoms. The Morgan fingerprint density at radius 1 is 1.12 bits per heavy atom. The van der Waals surface area contributed by atoms with Gasteiger partial charge in [0.25, 0.3) is 5.62 Å². The van der Waals surface area contributed by atoms with Crippen LogP contribution in [-0.2, 0) is 10.5 Å². The van der Waals surface area contributed by atoms with Gasteiger partial charge >= 0.3 is 0 Å². The van der Waals surface area contributed by atoms with Gasteiger partial charge in [0.1, 0.15) is 0 Å². The molecule has 93 valence electrons. The van der Waals surface area contributed by atoms with Crippen LogP contribution in [0.1, 0.15) is 5.56 Å². The number of ether oxygens (including phenoxy) is 3. The van der Waals surface area contributed by atoms with Crippen molar-refractivity contribution in [1.29, 1.82) is 0 Å². The van der Waals surface area contributed by atoms with Crippen molar-refractivity contribution < 1.29 is 19.0 Å². The lowest BCUT2D eigenvalue weighted by Crippen LogP contribution is -1.96. The molecule has 4 nitrogen and oxygen atoms in total. The van der Waals surface area contributed by atoms with Crippen LogP contribution in [0.3, 0.4) is 0 Å². The number of carbonyl (C=O) groups excluding carboxylic acids is 1. The van der Waals surface area contributed by atoms with Crippen LogP contribution in [0.2, 0.25) is 0 Å². The summed E-state index contributed by atoms with van der Waals surface area (Å²) in [6.07, 6.45) is 0. The summed E-state index contributed by atoms with van der Waals surface area (Å²) < 4.78 is 15.7. The molecule has 0 N–H and O–H groups in total. The molecule has 1 aromatic rings. The van der Waals surface area contributed by atoms with E-state index >= 15 is 0 Å². The van der Waals surface area contributed by atoms with Crippen molar-refractivity contribution in [1.82, 2.24) is 0 Å². The van der Waals surface area contributed by atoms with Crippen molar-refractivity contribution in [3.63, 3.8) is 0 Å². The molecule has 0 aliphatic carbocycles. The van der Waals surface area contributed by atoms with Gasteiger partial charge in [-0.2, -0.15) is 0 Å². The Morgan fingerprint density at radius 3 is 2.12 bits per heavy atom. The van der Waals surface area contributed by atoms with E-state index in [0.29, 0.717) is 23.0 Å². The Labute approximate surface area is 108 Å². The van der Waals surface area contributed by atoms with Gasteiger partial charge < -0.3 is 14.2 Å². The van der Waals surface area contributed by atoms with Crippen molar-refractivity contribution in [3.8, 4) is 17.2 Å². The predicted octanol–water partition coefficient (Wildman–Crippen LogP) is 2.66. The summed E-state index contributed by atoms with van der Waals surface area (Å²) in [7, 11) is 7.14. The maximum Gasteiger partial charge on any atom is 0.277 e. The van der Waals surface area contributed by atoms with E-state index in [1.165, 1.54) is 10.8 Å². The van der Waals surface area contributed by atoms with Crippen LogP contribution < -0.4 is 14.2 Å². The summed E-state index contributed by atoms with van der Waals surface area (Å²) in [5.74, 6) is 2.46. The molecule has 0 saturated carbocycles. The van der Waals surface area contributed by atoms with Crippen molar-refractivity contribution in [2.45, 2.75) is 5.75 Å². The Balaban J connectivity index is 2.96. The monoisotopic (exact) mass is 273 g/mol. The zero-order valence-electron chi connectivity index (χ0n) is 9.81. The zero-order chi connectivity index (χ0) is 12.7. The molecular weight excluding hydrogens is 260 g/mol. The molecule has 0 heterocycles. The van der Waals surface area contributed by atoms with Gasteiger partial charge in [-0.25, -0.2) is 0 Å². The summed E-state index contributed by atoms with van der Waals surface area (Å²) in [4.78, 5) is 10.1. The normalized spacial score (nSPS) is 9.82. The average molecular weight is 273 g/mol. The first-order valence-electron chi connectivity index (χ1n) is 4.71. The van der Waals surface area contributed by atoms with Crippen LogP contribution in [0, 0.1) is 0 Å². The summed E-state index contributed by atoms with van der Waals surface area (Å²) in [6.45, 7) is 0. The maximum atomic E-state index is 10.1. The number of hydrogen-bond donors (Lipinski definition) is 0. The maximum absolute atomic E-state index is 10.1. The minimum Gasteiger partial charge on any atom is -0.493 e. The molecule has 1 radical (unpaired) electrons. The van der Waals surface area contributed by atoms with Crippen LogP contribution in [-0.4, -0.2) is 26.9 Å². The molecule has 0 aliphatic heterocycles. The van der Waals surface area contributed by atoms with Gasteiger partial charge in [0.15, 0.2) is 11.5 Å². The third kappa shape index (κ3) is 3.74. The molecule has 0 spiro atoms. The second-order valence-corrected chi connectivity index (χ2v) is 5.03. The fourth-order valence-electron chi connectivity index (χ4n) is 1.34. The number of methoxy groups -OCH3 is 3. The number of benzene rings is 1. The second kappa shape index (κ2) is 7.34. The molecule has 0 atom stereocenters. The minimum atomic E-state index is 0.568. The first-order valence-corrected chi connectivity index (χ1v) is 7.03. The Kier molecular flexibility index (Phi) is 6.07. The molecular formula is C11H13O4S2. The van der Waals surface area contributed by atoms with Crippen molar-refractivity contribution in [2.24, 2.45) is 0 Å². The second-order valence-electron chi connectivity index (χ2n) is 2.96. The highest BCUT2D eigenvalue weighted by Gasteiger charge is 2.12. The zero-order valence-corrected chi connectivity index (χ0v) is 11.4. The fourth-order valence-corrected chi connectivity index (χ4v) is 2.48. The van der Waals surface area contributed by atoms with Gasteiger partial charge in [0.05, 0.1) is 21.3 Å². The first kappa shape index (κ1) is 14.1. The first-order chi connectivity index (χ1) is 8.26. The quantitative estimate of drug-likeness (QED) is 0.562. The SMILES string of the molecule is COc1cc(CSS[C]=O)cc(OC)c1OC. The van der Waals surface area contributed by atoms with E-state index in [1.54, 1.807) is 26.9 Å². The molecule has 6 heteroatoms. The van der Waals surface area contributed by atoms with Crippen LogP contribution in [0.5, 0.6) is 17.2 Å². The summed E-state index contributed by atoms with van der Waals surface area (Å²) >= 11 is 0. The van der Waals surface area contributed by atoms with Gasteiger partial charge in [-0.1, -0.05) is 10.8 Å². The van der Waals surface area contributed by atoms with Gasteiger partial charge in [-0.3, -0.25) is 4.79 Å². The van der Waals surface area contributed by atoms with Crippen LogP contribution >= 0.6 is 21.6 Å². The molecule has 0 fully saturated rings. The van der Waals surface area contributed by atoms with E-state index in [0.717, 1.165) is 16.4 Å². The molecule has 1 aromatic carbocycles. The lowest BCUT2D eigenvalue weighted by molar-refractivity contribution is 0.324. The van der Waals surface area contributed by atoms with E-state index < -0.39 is 0 Å². The lowest BCUT2D eigenvalue weighted by atomic mass is 10.2. The van der Waals surface area contributed by atoms with Crippen LogP contribution in [0.4, 0.5) is 0 Å². The van der Waals surface area contributed by atoms with Crippen LogP contribution in [0.25, 0.3) is 0 Å². The molecule has 0 bridgehead atoms. The number of hydrogen-bond acceptors (Lipinski definition) is 6. The highest BCUT2D eigenvalue weighted by molar-refractivity contribution is 8.81. The van der Waals surface area contributed by atoms with Gasteiger partial charge in [-0.05, 0) is 28.5 Å². The average Bonchev–Trinajstić information content (AvgIpc) is 2.37. The van der Waals surface area contributed by atoms with Gasteiger partial charge in [-0.15, -0.1) is 0 Å². The Hall–Kier alpha value is -1.01. The lowest BCUT2D eigenvalue weighted by Gasteiger charge is -2.13. The number of rotatable bonds is 7. The largest absolute Gasteiger partial charge is 0.493 e. The topological polar surface area (TPSA) is 44.8 Å². The smallest absolute Gasteiger partial charge is 0.277 e. The summed E-state index contributed by atoms with van der Waals surface area (Å²) in [6, 6.07) is 3.72. The molecule has 0 saturated heterocycles. The Morgan fingerprint density at radius 2 is 1.71 bits per heavy atom. The molecule has 0 unspecified atom stereocenters. The summed E-state index contributed by atoms with van der Waals surface area (Å²) in [5, 5.41) is 0. The van der Waals surface area contributed by atoms with Gasteiger partial charge in [0.2, 0.25) is 5.75 Å². The molecule has 0 aliphatic rings. The van der Waals surface area contributed by atoms with E-state index in [-0.39, 0.29) is 0 Å². The highest BCUT2D eigenvalue weighted by Crippen LogP contribution is 2.39. The Bertz CT molecular complexity index is 357. The van der Waals surface area contributed by atoms with Gasteiger partial charge in [0, 0.05) is 5.75 Å². The third-order valence-electron chi connectivity index (χ3n) is 2.04. The third-order valence-corrected chi connectivity index (χ3v) is 3.59. The summed E-state index contributed by atoms with van der Waals surface area (Å²) in [5.41, 5.74) is 2.75. The van der Waals surface area contributed by atoms with Crippen molar-refractivity contribution >= 4 is 27.2 Å². The molecule has 0 amide bonds. The van der Waals surface area contributed by atoms with E-state index in [4.69, 9.17) is 14.2 Å². The van der Waals surface area contributed by atoms with Crippen molar-refractivity contribution in [3.05, 3.63) is 17.7 Å². The molecule has 0 aromatic heterocycles.